The minimum absolute atomic E-state index is 0.0265. The van der Waals surface area contributed by atoms with E-state index in [9.17, 15) is 4.79 Å². The normalized spacial score (nSPS) is 13.8. The number of carbonyl (C=O) groups is 1. The number of nitrogens with zero attached hydrogens (tertiary/aromatic N) is 2. The van der Waals surface area contributed by atoms with Crippen molar-refractivity contribution in [1.82, 2.24) is 4.98 Å². The monoisotopic (exact) mass is 242 g/mol. The number of ether oxygens (including phenoxy) is 1. The minimum Gasteiger partial charge on any atom is -0.496 e. The van der Waals surface area contributed by atoms with Gasteiger partial charge in [0.15, 0.2) is 0 Å². The standard InChI is InChI=1S/C14H14N2O2/c1-9(17)16-8-7-11-13(18-2)10-5-3-4-6-12(10)15-14(11)16/h3-6H,7-8H2,1-2H3. The predicted molar refractivity (Wildman–Crippen MR) is 70.0 cm³/mol. The van der Waals surface area contributed by atoms with E-state index in [0.717, 1.165) is 34.5 Å². The number of hydrogen-bond acceptors (Lipinski definition) is 3. The van der Waals surface area contributed by atoms with Crippen molar-refractivity contribution in [2.45, 2.75) is 13.3 Å². The molecule has 1 aliphatic heterocycles. The van der Waals surface area contributed by atoms with Crippen LogP contribution >= 0.6 is 0 Å². The van der Waals surface area contributed by atoms with E-state index in [1.54, 1.807) is 18.9 Å². The highest BCUT2D eigenvalue weighted by Crippen LogP contribution is 2.38. The van der Waals surface area contributed by atoms with Gasteiger partial charge in [-0.05, 0) is 18.6 Å². The molecule has 92 valence electrons. The summed E-state index contributed by atoms with van der Waals surface area (Å²) in [4.78, 5) is 17.9. The van der Waals surface area contributed by atoms with Crippen molar-refractivity contribution in [1.29, 1.82) is 0 Å². The summed E-state index contributed by atoms with van der Waals surface area (Å²) < 4.78 is 5.52. The Labute approximate surface area is 105 Å². The third-order valence-corrected chi connectivity index (χ3v) is 3.34. The summed E-state index contributed by atoms with van der Waals surface area (Å²) in [5, 5.41) is 1.00. The number of methoxy groups -OCH3 is 1. The van der Waals surface area contributed by atoms with Gasteiger partial charge < -0.3 is 4.74 Å². The second-order valence-electron chi connectivity index (χ2n) is 4.39. The molecule has 3 rings (SSSR count). The van der Waals surface area contributed by atoms with Gasteiger partial charge in [-0.1, -0.05) is 12.1 Å². The van der Waals surface area contributed by atoms with Gasteiger partial charge in [0.2, 0.25) is 5.91 Å². The zero-order chi connectivity index (χ0) is 12.7. The average molecular weight is 242 g/mol. The van der Waals surface area contributed by atoms with E-state index >= 15 is 0 Å². The molecule has 0 saturated heterocycles. The van der Waals surface area contributed by atoms with Gasteiger partial charge in [-0.3, -0.25) is 9.69 Å². The fraction of sp³-hybridized carbons (Fsp3) is 0.286. The minimum atomic E-state index is 0.0265. The van der Waals surface area contributed by atoms with Crippen LogP contribution in [0.3, 0.4) is 0 Å². The summed E-state index contributed by atoms with van der Waals surface area (Å²) in [5.74, 6) is 1.62. The number of carbonyl (C=O) groups excluding carboxylic acids is 1. The van der Waals surface area contributed by atoms with Gasteiger partial charge in [-0.15, -0.1) is 0 Å². The molecule has 2 heterocycles. The maximum absolute atomic E-state index is 11.6. The molecule has 0 fully saturated rings. The fourth-order valence-corrected chi connectivity index (χ4v) is 2.53. The Morgan fingerprint density at radius 3 is 2.89 bits per heavy atom. The third kappa shape index (κ3) is 1.45. The highest BCUT2D eigenvalue weighted by molar-refractivity contribution is 5.97. The first-order chi connectivity index (χ1) is 8.72. The number of aromatic nitrogens is 1. The van der Waals surface area contributed by atoms with Crippen molar-refractivity contribution in [3.05, 3.63) is 29.8 Å². The maximum atomic E-state index is 11.6. The molecular formula is C14H14N2O2. The quantitative estimate of drug-likeness (QED) is 0.769. The van der Waals surface area contributed by atoms with Gasteiger partial charge in [0.1, 0.15) is 11.6 Å². The van der Waals surface area contributed by atoms with Crippen molar-refractivity contribution in [2.24, 2.45) is 0 Å². The number of fused-ring (bicyclic) bond motifs is 2. The lowest BCUT2D eigenvalue weighted by Crippen LogP contribution is -2.26. The summed E-state index contributed by atoms with van der Waals surface area (Å²) >= 11 is 0. The Morgan fingerprint density at radius 2 is 2.17 bits per heavy atom. The van der Waals surface area contributed by atoms with Crippen LogP contribution in [-0.4, -0.2) is 24.5 Å². The Hall–Kier alpha value is -2.10. The van der Waals surface area contributed by atoms with Gasteiger partial charge in [0.25, 0.3) is 0 Å². The highest BCUT2D eigenvalue weighted by Gasteiger charge is 2.28. The summed E-state index contributed by atoms with van der Waals surface area (Å²) in [7, 11) is 1.67. The van der Waals surface area contributed by atoms with Gasteiger partial charge in [0.05, 0.1) is 12.6 Å². The van der Waals surface area contributed by atoms with Crippen LogP contribution in [-0.2, 0) is 11.2 Å². The molecule has 4 heteroatoms. The molecule has 0 saturated carbocycles. The Bertz CT molecular complexity index is 637. The predicted octanol–water partition coefficient (Wildman–Crippen LogP) is 2.15. The molecule has 1 aromatic heterocycles. The van der Waals surface area contributed by atoms with E-state index in [0.29, 0.717) is 6.54 Å². The van der Waals surface area contributed by atoms with Crippen molar-refractivity contribution in [3.63, 3.8) is 0 Å². The number of benzene rings is 1. The van der Waals surface area contributed by atoms with Crippen LogP contribution in [0.15, 0.2) is 24.3 Å². The molecule has 18 heavy (non-hydrogen) atoms. The van der Waals surface area contributed by atoms with Gasteiger partial charge in [-0.25, -0.2) is 4.98 Å². The lowest BCUT2D eigenvalue weighted by Gasteiger charge is -2.15. The number of rotatable bonds is 1. The lowest BCUT2D eigenvalue weighted by molar-refractivity contribution is -0.116. The summed E-state index contributed by atoms with van der Waals surface area (Å²) in [5.41, 5.74) is 1.90. The average Bonchev–Trinajstić information content (AvgIpc) is 2.79. The smallest absolute Gasteiger partial charge is 0.225 e. The summed E-state index contributed by atoms with van der Waals surface area (Å²) in [6, 6.07) is 7.84. The van der Waals surface area contributed by atoms with Crippen molar-refractivity contribution < 1.29 is 9.53 Å². The second-order valence-corrected chi connectivity index (χ2v) is 4.39. The van der Waals surface area contributed by atoms with E-state index < -0.39 is 0 Å². The maximum Gasteiger partial charge on any atom is 0.225 e. The highest BCUT2D eigenvalue weighted by atomic mass is 16.5. The number of anilines is 1. The number of hydrogen-bond donors (Lipinski definition) is 0. The number of para-hydroxylation sites is 1. The van der Waals surface area contributed by atoms with E-state index in [-0.39, 0.29) is 5.91 Å². The zero-order valence-electron chi connectivity index (χ0n) is 10.4. The second kappa shape index (κ2) is 3.98. The van der Waals surface area contributed by atoms with Crippen LogP contribution in [0.1, 0.15) is 12.5 Å². The third-order valence-electron chi connectivity index (χ3n) is 3.34. The largest absolute Gasteiger partial charge is 0.496 e. The topological polar surface area (TPSA) is 42.4 Å². The lowest BCUT2D eigenvalue weighted by atomic mass is 10.1. The molecule has 0 spiro atoms. The Morgan fingerprint density at radius 1 is 1.39 bits per heavy atom. The van der Waals surface area contributed by atoms with Crippen LogP contribution in [0.5, 0.6) is 5.75 Å². The fourth-order valence-electron chi connectivity index (χ4n) is 2.53. The molecule has 0 bridgehead atoms. The number of pyridine rings is 1. The van der Waals surface area contributed by atoms with Crippen LogP contribution in [0.4, 0.5) is 5.82 Å². The van der Waals surface area contributed by atoms with E-state index in [1.165, 1.54) is 0 Å². The van der Waals surface area contributed by atoms with Gasteiger partial charge >= 0.3 is 0 Å². The molecule has 1 amide bonds. The Balaban J connectivity index is 2.32. The van der Waals surface area contributed by atoms with Crippen LogP contribution in [0.2, 0.25) is 0 Å². The molecule has 1 aromatic carbocycles. The first kappa shape index (κ1) is 11.0. The Kier molecular flexibility index (Phi) is 2.44. The molecule has 2 aromatic rings. The zero-order valence-corrected chi connectivity index (χ0v) is 10.4. The van der Waals surface area contributed by atoms with E-state index in [1.807, 2.05) is 24.3 Å². The van der Waals surface area contributed by atoms with E-state index in [2.05, 4.69) is 4.98 Å². The molecule has 0 N–H and O–H groups in total. The molecule has 0 radical (unpaired) electrons. The molecule has 0 atom stereocenters. The molecule has 4 nitrogen and oxygen atoms in total. The van der Waals surface area contributed by atoms with Crippen LogP contribution in [0, 0.1) is 0 Å². The molecule has 0 aliphatic carbocycles. The molecular weight excluding hydrogens is 228 g/mol. The molecule has 0 unspecified atom stereocenters. The first-order valence-electron chi connectivity index (χ1n) is 5.96. The molecule has 1 aliphatic rings. The number of amides is 1. The van der Waals surface area contributed by atoms with Crippen molar-refractivity contribution in [3.8, 4) is 5.75 Å². The van der Waals surface area contributed by atoms with Crippen molar-refractivity contribution >= 4 is 22.6 Å². The summed E-state index contributed by atoms with van der Waals surface area (Å²) in [6.07, 6.45) is 0.802. The van der Waals surface area contributed by atoms with E-state index in [4.69, 9.17) is 4.74 Å². The van der Waals surface area contributed by atoms with Crippen molar-refractivity contribution in [2.75, 3.05) is 18.6 Å². The summed E-state index contributed by atoms with van der Waals surface area (Å²) in [6.45, 7) is 2.25. The SMILES string of the molecule is COc1c2c(nc3ccccc13)N(C(C)=O)CC2. The van der Waals surface area contributed by atoms with Crippen LogP contribution < -0.4 is 9.64 Å². The van der Waals surface area contributed by atoms with Gasteiger partial charge in [0, 0.05) is 24.4 Å². The van der Waals surface area contributed by atoms with Crippen LogP contribution in [0.25, 0.3) is 10.9 Å². The first-order valence-corrected chi connectivity index (χ1v) is 5.96. The van der Waals surface area contributed by atoms with Gasteiger partial charge in [-0.2, -0.15) is 0 Å².